The van der Waals surface area contributed by atoms with Crippen molar-refractivity contribution < 1.29 is 14.3 Å². The zero-order valence-electron chi connectivity index (χ0n) is 13.0. The van der Waals surface area contributed by atoms with Gasteiger partial charge >= 0.3 is 0 Å². The molecule has 1 aromatic carbocycles. The lowest BCUT2D eigenvalue weighted by molar-refractivity contribution is -0.117. The molecule has 0 bridgehead atoms. The maximum absolute atomic E-state index is 13.7. The molecule has 4 heteroatoms. The zero-order chi connectivity index (χ0) is 16.0. The van der Waals surface area contributed by atoms with E-state index < -0.39 is 5.82 Å². The first-order valence-corrected chi connectivity index (χ1v) is 6.93. The van der Waals surface area contributed by atoms with E-state index in [2.05, 4.69) is 37.9 Å². The Labute approximate surface area is 125 Å². The lowest BCUT2D eigenvalue weighted by Crippen LogP contribution is -2.23. The van der Waals surface area contributed by atoms with Gasteiger partial charge in [-0.25, -0.2) is 4.39 Å². The highest BCUT2D eigenvalue weighted by molar-refractivity contribution is 5.90. The number of carbonyl (C=O) groups excluding carboxylic acids is 1. The molecule has 0 heterocycles. The minimum absolute atomic E-state index is 0.0479. The predicted octanol–water partition coefficient (Wildman–Crippen LogP) is 3.18. The largest absolute Gasteiger partial charge is 0.384 e. The van der Waals surface area contributed by atoms with Crippen molar-refractivity contribution in [2.45, 2.75) is 34.1 Å². The second kappa shape index (κ2) is 7.24. The van der Waals surface area contributed by atoms with Gasteiger partial charge in [0.05, 0.1) is 5.56 Å². The molecule has 1 rings (SSSR count). The van der Waals surface area contributed by atoms with Crippen LogP contribution in [0.2, 0.25) is 0 Å². The summed E-state index contributed by atoms with van der Waals surface area (Å²) < 4.78 is 13.7. The number of carbonyl (C=O) groups is 1. The van der Waals surface area contributed by atoms with Crippen LogP contribution in [0.4, 0.5) is 10.1 Å². The standard InChI is InChI=1S/C17H22FNO2/c1-12(17(2,3)4)10-16(21)19-14-8-7-13(6-5-9-20)15(18)11-14/h7-8,11-12,20H,9-10H2,1-4H3,(H,19,21). The average Bonchev–Trinajstić information content (AvgIpc) is 2.36. The molecule has 114 valence electrons. The topological polar surface area (TPSA) is 49.3 Å². The van der Waals surface area contributed by atoms with Crippen molar-refractivity contribution in [1.82, 2.24) is 0 Å². The third-order valence-corrected chi connectivity index (χ3v) is 3.52. The highest BCUT2D eigenvalue weighted by Crippen LogP contribution is 2.28. The van der Waals surface area contributed by atoms with Crippen molar-refractivity contribution in [2.24, 2.45) is 11.3 Å². The summed E-state index contributed by atoms with van der Waals surface area (Å²) in [6, 6.07) is 4.33. The highest BCUT2D eigenvalue weighted by atomic mass is 19.1. The van der Waals surface area contributed by atoms with Crippen LogP contribution >= 0.6 is 0 Å². The minimum atomic E-state index is -0.516. The third-order valence-electron chi connectivity index (χ3n) is 3.52. The molecule has 1 amide bonds. The Kier molecular flexibility index (Phi) is 5.92. The van der Waals surface area contributed by atoms with E-state index in [-0.39, 0.29) is 29.4 Å². The van der Waals surface area contributed by atoms with E-state index in [1.807, 2.05) is 6.92 Å². The van der Waals surface area contributed by atoms with E-state index in [0.717, 1.165) is 0 Å². The molecule has 0 aliphatic heterocycles. The van der Waals surface area contributed by atoms with Crippen LogP contribution in [0.1, 0.15) is 39.7 Å². The Morgan fingerprint density at radius 2 is 2.10 bits per heavy atom. The number of halogens is 1. The van der Waals surface area contributed by atoms with Gasteiger partial charge in [-0.2, -0.15) is 0 Å². The fourth-order valence-corrected chi connectivity index (χ4v) is 1.63. The number of nitrogens with one attached hydrogen (secondary N) is 1. The smallest absolute Gasteiger partial charge is 0.224 e. The summed E-state index contributed by atoms with van der Waals surface area (Å²) in [5, 5.41) is 11.3. The average molecular weight is 291 g/mol. The summed E-state index contributed by atoms with van der Waals surface area (Å²) in [4.78, 5) is 11.9. The van der Waals surface area contributed by atoms with Crippen molar-refractivity contribution in [2.75, 3.05) is 11.9 Å². The summed E-state index contributed by atoms with van der Waals surface area (Å²) in [7, 11) is 0. The first-order valence-electron chi connectivity index (χ1n) is 6.93. The maximum Gasteiger partial charge on any atom is 0.224 e. The number of hydrogen-bond acceptors (Lipinski definition) is 2. The Balaban J connectivity index is 2.72. The number of anilines is 1. The fraction of sp³-hybridized carbons (Fsp3) is 0.471. The van der Waals surface area contributed by atoms with Crippen LogP contribution in [0.15, 0.2) is 18.2 Å². The molecule has 0 radical (unpaired) electrons. The molecule has 0 fully saturated rings. The van der Waals surface area contributed by atoms with E-state index in [0.29, 0.717) is 12.1 Å². The summed E-state index contributed by atoms with van der Waals surface area (Å²) in [6.07, 6.45) is 0.386. The number of benzene rings is 1. The summed E-state index contributed by atoms with van der Waals surface area (Å²) in [5.74, 6) is 4.46. The van der Waals surface area contributed by atoms with Crippen molar-refractivity contribution in [1.29, 1.82) is 0 Å². The fourth-order valence-electron chi connectivity index (χ4n) is 1.63. The van der Waals surface area contributed by atoms with Crippen LogP contribution in [0.3, 0.4) is 0 Å². The van der Waals surface area contributed by atoms with Crippen molar-refractivity contribution in [3.63, 3.8) is 0 Å². The molecule has 0 saturated heterocycles. The predicted molar refractivity (Wildman–Crippen MR) is 82.2 cm³/mol. The molecule has 0 aliphatic carbocycles. The van der Waals surface area contributed by atoms with Gasteiger partial charge in [0.15, 0.2) is 0 Å². The summed E-state index contributed by atoms with van der Waals surface area (Å²) in [5.41, 5.74) is 0.657. The minimum Gasteiger partial charge on any atom is -0.384 e. The molecule has 0 spiro atoms. The molecule has 21 heavy (non-hydrogen) atoms. The molecular weight excluding hydrogens is 269 g/mol. The maximum atomic E-state index is 13.7. The number of aliphatic hydroxyl groups excluding tert-OH is 1. The van der Waals surface area contributed by atoms with Gasteiger partial charge in [0.25, 0.3) is 0 Å². The Morgan fingerprint density at radius 1 is 1.43 bits per heavy atom. The van der Waals surface area contributed by atoms with Gasteiger partial charge < -0.3 is 10.4 Å². The first-order chi connectivity index (χ1) is 9.74. The van der Waals surface area contributed by atoms with Gasteiger partial charge in [0.2, 0.25) is 5.91 Å². The van der Waals surface area contributed by atoms with Crippen LogP contribution in [-0.2, 0) is 4.79 Å². The highest BCUT2D eigenvalue weighted by Gasteiger charge is 2.22. The molecule has 2 N–H and O–H groups in total. The molecule has 1 aromatic rings. The first kappa shape index (κ1) is 17.2. The molecule has 1 unspecified atom stereocenters. The Bertz CT molecular complexity index is 564. The lowest BCUT2D eigenvalue weighted by Gasteiger charge is -2.26. The number of hydrogen-bond donors (Lipinski definition) is 2. The van der Waals surface area contributed by atoms with Crippen LogP contribution in [0.25, 0.3) is 0 Å². The number of amides is 1. The third kappa shape index (κ3) is 5.57. The lowest BCUT2D eigenvalue weighted by atomic mass is 9.80. The molecule has 0 aliphatic rings. The Hall–Kier alpha value is -1.86. The van der Waals surface area contributed by atoms with Crippen LogP contribution < -0.4 is 5.32 Å². The van der Waals surface area contributed by atoms with Crippen LogP contribution in [0, 0.1) is 29.0 Å². The zero-order valence-corrected chi connectivity index (χ0v) is 13.0. The van der Waals surface area contributed by atoms with Crippen LogP contribution in [0.5, 0.6) is 0 Å². The second-order valence-electron chi connectivity index (χ2n) is 6.17. The van der Waals surface area contributed by atoms with E-state index >= 15 is 0 Å². The Morgan fingerprint density at radius 3 is 2.62 bits per heavy atom. The molecule has 0 aromatic heterocycles. The molecule has 3 nitrogen and oxygen atoms in total. The van der Waals surface area contributed by atoms with Crippen molar-refractivity contribution in [3.8, 4) is 11.8 Å². The summed E-state index contributed by atoms with van der Waals surface area (Å²) >= 11 is 0. The van der Waals surface area contributed by atoms with Gasteiger partial charge in [0, 0.05) is 12.1 Å². The van der Waals surface area contributed by atoms with Gasteiger partial charge in [-0.15, -0.1) is 0 Å². The number of aliphatic hydroxyl groups is 1. The SMILES string of the molecule is CC(CC(=O)Nc1ccc(C#CCO)c(F)c1)C(C)(C)C. The normalized spacial score (nSPS) is 12.3. The second-order valence-corrected chi connectivity index (χ2v) is 6.17. The van der Waals surface area contributed by atoms with Crippen molar-refractivity contribution in [3.05, 3.63) is 29.6 Å². The van der Waals surface area contributed by atoms with Crippen LogP contribution in [-0.4, -0.2) is 17.6 Å². The van der Waals surface area contributed by atoms with Gasteiger partial charge in [-0.05, 0) is 29.5 Å². The summed E-state index contributed by atoms with van der Waals surface area (Å²) in [6.45, 7) is 7.95. The van der Waals surface area contributed by atoms with E-state index in [1.165, 1.54) is 12.1 Å². The van der Waals surface area contributed by atoms with E-state index in [1.54, 1.807) is 6.07 Å². The quantitative estimate of drug-likeness (QED) is 0.840. The van der Waals surface area contributed by atoms with Gasteiger partial charge in [0.1, 0.15) is 12.4 Å². The van der Waals surface area contributed by atoms with Gasteiger partial charge in [-0.1, -0.05) is 39.5 Å². The molecule has 1 atom stereocenters. The van der Waals surface area contributed by atoms with E-state index in [9.17, 15) is 9.18 Å². The number of rotatable bonds is 3. The van der Waals surface area contributed by atoms with Gasteiger partial charge in [-0.3, -0.25) is 4.79 Å². The van der Waals surface area contributed by atoms with Crippen molar-refractivity contribution >= 4 is 11.6 Å². The molecular formula is C17H22FNO2. The van der Waals surface area contributed by atoms with E-state index in [4.69, 9.17) is 5.11 Å². The monoisotopic (exact) mass is 291 g/mol. The molecule has 0 saturated carbocycles.